The number of thioether (sulfide) groups is 1. The molecule has 0 fully saturated rings. The molecule has 1 aliphatic carbocycles. The lowest BCUT2D eigenvalue weighted by Gasteiger charge is -2.13. The Balaban J connectivity index is 1.96. The zero-order chi connectivity index (χ0) is 24.1. The number of unbranched alkanes of at least 4 members (excludes halogenated alkanes) is 2. The highest BCUT2D eigenvalue weighted by Gasteiger charge is 2.27. The van der Waals surface area contributed by atoms with E-state index in [9.17, 15) is 14.7 Å². The molecule has 2 unspecified atom stereocenters. The molecular formula is C27H38O5S. The van der Waals surface area contributed by atoms with Crippen molar-refractivity contribution in [2.24, 2.45) is 5.92 Å². The quantitative estimate of drug-likeness (QED) is 0.206. The van der Waals surface area contributed by atoms with Gasteiger partial charge in [-0.05, 0) is 49.5 Å². The lowest BCUT2D eigenvalue weighted by molar-refractivity contribution is -0.141. The normalized spacial score (nSPS) is 16.9. The molecule has 1 aliphatic rings. The highest BCUT2D eigenvalue weighted by Crippen LogP contribution is 2.41. The van der Waals surface area contributed by atoms with E-state index < -0.39 is 6.10 Å². The summed E-state index contributed by atoms with van der Waals surface area (Å²) in [6.45, 7) is 4.03. The van der Waals surface area contributed by atoms with Crippen LogP contribution in [0.4, 0.5) is 0 Å². The lowest BCUT2D eigenvalue weighted by Crippen LogP contribution is -2.09. The summed E-state index contributed by atoms with van der Waals surface area (Å²) in [6, 6.07) is 8.11. The smallest absolute Gasteiger partial charge is 0.310 e. The predicted molar refractivity (Wildman–Crippen MR) is 134 cm³/mol. The zero-order valence-electron chi connectivity index (χ0n) is 20.2. The number of benzene rings is 1. The van der Waals surface area contributed by atoms with E-state index in [-0.39, 0.29) is 17.9 Å². The Morgan fingerprint density at radius 1 is 1.18 bits per heavy atom. The van der Waals surface area contributed by atoms with E-state index in [4.69, 9.17) is 4.74 Å². The van der Waals surface area contributed by atoms with Gasteiger partial charge in [0.2, 0.25) is 0 Å². The molecule has 0 spiro atoms. The first-order chi connectivity index (χ1) is 15.9. The number of aliphatic hydroxyl groups excluding tert-OH is 1. The van der Waals surface area contributed by atoms with Crippen LogP contribution >= 0.6 is 11.8 Å². The molecule has 33 heavy (non-hydrogen) atoms. The fourth-order valence-corrected chi connectivity index (χ4v) is 5.12. The molecule has 2 rings (SSSR count). The van der Waals surface area contributed by atoms with Crippen molar-refractivity contribution in [1.82, 2.24) is 0 Å². The largest absolute Gasteiger partial charge is 0.469 e. The standard InChI is InChI=1S/C27H38O5S/c1-4-10-26(30)32-24-17-15-21(27(24)33-18-9-5-6-13-25(29)31-3)14-16-23(28)19-22-12-8-7-11-20(22)2/h7-8,11-12,14,16,21,23,28H,4-6,9-10,13,15,17-19H2,1-3H3/b16-14+. The Labute approximate surface area is 202 Å². The minimum absolute atomic E-state index is 0.154. The van der Waals surface area contributed by atoms with E-state index in [0.717, 1.165) is 60.5 Å². The molecule has 1 N–H and O–H groups in total. The maximum Gasteiger partial charge on any atom is 0.310 e. The second-order valence-electron chi connectivity index (χ2n) is 8.47. The van der Waals surface area contributed by atoms with Crippen molar-refractivity contribution in [3.63, 3.8) is 0 Å². The van der Waals surface area contributed by atoms with E-state index in [1.807, 2.05) is 25.1 Å². The zero-order valence-corrected chi connectivity index (χ0v) is 21.0. The molecule has 2 atom stereocenters. The van der Waals surface area contributed by atoms with Gasteiger partial charge in [-0.3, -0.25) is 9.59 Å². The molecule has 5 nitrogen and oxygen atoms in total. The fourth-order valence-electron chi connectivity index (χ4n) is 3.84. The molecule has 1 aromatic carbocycles. The Bertz CT molecular complexity index is 830. The van der Waals surface area contributed by atoms with Gasteiger partial charge in [-0.25, -0.2) is 0 Å². The second kappa shape index (κ2) is 15.0. The van der Waals surface area contributed by atoms with Crippen molar-refractivity contribution in [3.8, 4) is 0 Å². The van der Waals surface area contributed by atoms with E-state index in [1.54, 1.807) is 11.8 Å². The Morgan fingerprint density at radius 3 is 2.70 bits per heavy atom. The number of hydrogen-bond acceptors (Lipinski definition) is 6. The molecule has 0 amide bonds. The molecule has 0 saturated carbocycles. The minimum atomic E-state index is -0.553. The average molecular weight is 475 g/mol. The molecule has 182 valence electrons. The van der Waals surface area contributed by atoms with Crippen molar-refractivity contribution in [2.45, 2.75) is 77.7 Å². The van der Waals surface area contributed by atoms with Crippen LogP contribution in [-0.4, -0.2) is 36.0 Å². The average Bonchev–Trinajstić information content (AvgIpc) is 3.17. The van der Waals surface area contributed by atoms with Crippen LogP contribution in [0.3, 0.4) is 0 Å². The molecule has 1 aromatic rings. The summed E-state index contributed by atoms with van der Waals surface area (Å²) >= 11 is 1.74. The summed E-state index contributed by atoms with van der Waals surface area (Å²) in [5.41, 5.74) is 2.33. The third-order valence-electron chi connectivity index (χ3n) is 5.75. The summed E-state index contributed by atoms with van der Waals surface area (Å²) < 4.78 is 10.4. The SMILES string of the molecule is CCCC(=O)OC1=C(SCCCCCC(=O)OC)C(/C=C/C(O)Cc2ccccc2C)CC1. The van der Waals surface area contributed by atoms with Gasteiger partial charge in [-0.1, -0.05) is 49.8 Å². The van der Waals surface area contributed by atoms with E-state index >= 15 is 0 Å². The van der Waals surface area contributed by atoms with Crippen molar-refractivity contribution in [1.29, 1.82) is 0 Å². The summed E-state index contributed by atoms with van der Waals surface area (Å²) in [7, 11) is 1.41. The molecule has 0 aliphatic heterocycles. The third kappa shape index (κ3) is 9.76. The van der Waals surface area contributed by atoms with Crippen LogP contribution in [-0.2, 0) is 25.5 Å². The number of aryl methyl sites for hydroxylation is 1. The Kier molecular flexibility index (Phi) is 12.3. The van der Waals surface area contributed by atoms with E-state index in [2.05, 4.69) is 29.9 Å². The van der Waals surface area contributed by atoms with Gasteiger partial charge in [0.05, 0.1) is 13.2 Å². The van der Waals surface area contributed by atoms with Gasteiger partial charge in [-0.15, -0.1) is 11.8 Å². The molecule has 0 aromatic heterocycles. The molecule has 0 saturated heterocycles. The number of ether oxygens (including phenoxy) is 2. The van der Waals surface area contributed by atoms with Crippen LogP contribution in [0.25, 0.3) is 0 Å². The van der Waals surface area contributed by atoms with Crippen molar-refractivity contribution >= 4 is 23.7 Å². The van der Waals surface area contributed by atoms with Crippen LogP contribution in [0.5, 0.6) is 0 Å². The van der Waals surface area contributed by atoms with Crippen molar-refractivity contribution in [3.05, 3.63) is 58.2 Å². The van der Waals surface area contributed by atoms with Crippen LogP contribution in [0.1, 0.15) is 69.4 Å². The molecule has 6 heteroatoms. The highest BCUT2D eigenvalue weighted by atomic mass is 32.2. The van der Waals surface area contributed by atoms with Gasteiger partial charge in [0.25, 0.3) is 0 Å². The van der Waals surface area contributed by atoms with Crippen LogP contribution < -0.4 is 0 Å². The first-order valence-electron chi connectivity index (χ1n) is 12.0. The molecule has 0 heterocycles. The maximum atomic E-state index is 12.1. The van der Waals surface area contributed by atoms with Crippen molar-refractivity contribution in [2.75, 3.05) is 12.9 Å². The maximum absolute atomic E-state index is 12.1. The number of esters is 2. The summed E-state index contributed by atoms with van der Waals surface area (Å²) in [5, 5.41) is 10.6. The van der Waals surface area contributed by atoms with Crippen molar-refractivity contribution < 1.29 is 24.2 Å². The molecule has 0 bridgehead atoms. The number of aliphatic hydroxyl groups is 1. The van der Waals surface area contributed by atoms with Gasteiger partial charge in [-0.2, -0.15) is 0 Å². The Hall–Kier alpha value is -2.05. The predicted octanol–water partition coefficient (Wildman–Crippen LogP) is 5.89. The minimum Gasteiger partial charge on any atom is -0.469 e. The number of carbonyl (C=O) groups excluding carboxylic acids is 2. The first kappa shape index (κ1) is 27.2. The second-order valence-corrected chi connectivity index (χ2v) is 9.61. The van der Waals surface area contributed by atoms with Gasteiger partial charge >= 0.3 is 11.9 Å². The van der Waals surface area contributed by atoms with Crippen LogP contribution in [0, 0.1) is 12.8 Å². The number of hydrogen-bond donors (Lipinski definition) is 1. The lowest BCUT2D eigenvalue weighted by atomic mass is 10.0. The topological polar surface area (TPSA) is 72.8 Å². The molecular weight excluding hydrogens is 436 g/mol. The van der Waals surface area contributed by atoms with E-state index in [0.29, 0.717) is 19.3 Å². The van der Waals surface area contributed by atoms with Gasteiger partial charge in [0, 0.05) is 36.5 Å². The third-order valence-corrected chi connectivity index (χ3v) is 7.09. The summed E-state index contributed by atoms with van der Waals surface area (Å²) in [5.74, 6) is 1.51. The van der Waals surface area contributed by atoms with Crippen LogP contribution in [0.2, 0.25) is 0 Å². The van der Waals surface area contributed by atoms with Gasteiger partial charge in [0.1, 0.15) is 5.76 Å². The first-order valence-corrected chi connectivity index (χ1v) is 13.0. The number of carbonyl (C=O) groups is 2. The number of rotatable bonds is 14. The van der Waals surface area contributed by atoms with Gasteiger partial charge < -0.3 is 14.6 Å². The monoisotopic (exact) mass is 474 g/mol. The van der Waals surface area contributed by atoms with Crippen LogP contribution in [0.15, 0.2) is 47.1 Å². The molecule has 0 radical (unpaired) electrons. The van der Waals surface area contributed by atoms with E-state index in [1.165, 1.54) is 12.7 Å². The Morgan fingerprint density at radius 2 is 1.97 bits per heavy atom. The summed E-state index contributed by atoms with van der Waals surface area (Å²) in [6.07, 6.45) is 10.00. The fraction of sp³-hybridized carbons (Fsp3) is 0.556. The summed E-state index contributed by atoms with van der Waals surface area (Å²) in [4.78, 5) is 24.4. The number of methoxy groups -OCH3 is 1. The van der Waals surface area contributed by atoms with Gasteiger partial charge in [0.15, 0.2) is 0 Å². The highest BCUT2D eigenvalue weighted by molar-refractivity contribution is 8.03. The number of allylic oxidation sites excluding steroid dienone is 3.